The molecule has 2 aromatic carbocycles. The van der Waals surface area contributed by atoms with Gasteiger partial charge in [-0.3, -0.25) is 14.4 Å². The van der Waals surface area contributed by atoms with E-state index in [2.05, 4.69) is 15.6 Å². The SMILES string of the molecule is Cc1c(C(=O)N2CCC(c3ccc(NC(=O)c4ccc5c(n4)NC(=O)CC5)cc3)CC2)ccc(F)c1F. The standard InChI is InChI=1S/C28H26F2N4O3/c1-16-21(8-9-22(29)25(16)30)28(37)34-14-12-18(13-15-34)17-2-6-20(7-3-17)31-27(36)23-10-4-19-5-11-24(35)33-26(19)32-23/h2-4,6-10,18H,5,11-15H2,1H3,(H,31,36)(H,32,33,35). The minimum atomic E-state index is -0.984. The van der Waals surface area contributed by atoms with Gasteiger partial charge in [-0.25, -0.2) is 13.8 Å². The Morgan fingerprint density at radius 3 is 2.46 bits per heavy atom. The molecule has 3 aromatic rings. The van der Waals surface area contributed by atoms with Crippen LogP contribution in [0.2, 0.25) is 0 Å². The third kappa shape index (κ3) is 5.07. The highest BCUT2D eigenvalue weighted by molar-refractivity contribution is 6.03. The Kier molecular flexibility index (Phi) is 6.69. The van der Waals surface area contributed by atoms with E-state index in [1.54, 1.807) is 11.0 Å². The lowest BCUT2D eigenvalue weighted by Crippen LogP contribution is -2.38. The third-order valence-corrected chi connectivity index (χ3v) is 7.08. The predicted octanol–water partition coefficient (Wildman–Crippen LogP) is 4.83. The smallest absolute Gasteiger partial charge is 0.274 e. The van der Waals surface area contributed by atoms with Crippen LogP contribution in [-0.4, -0.2) is 40.7 Å². The number of hydrogen-bond acceptors (Lipinski definition) is 4. The van der Waals surface area contributed by atoms with Crippen LogP contribution in [0.15, 0.2) is 48.5 Å². The van der Waals surface area contributed by atoms with Crippen LogP contribution in [0.1, 0.15) is 62.7 Å². The van der Waals surface area contributed by atoms with E-state index in [9.17, 15) is 23.2 Å². The highest BCUT2D eigenvalue weighted by Crippen LogP contribution is 2.30. The summed E-state index contributed by atoms with van der Waals surface area (Å²) in [4.78, 5) is 43.1. The van der Waals surface area contributed by atoms with Gasteiger partial charge in [0.05, 0.1) is 0 Å². The average Bonchev–Trinajstić information content (AvgIpc) is 2.91. The number of aromatic nitrogens is 1. The van der Waals surface area contributed by atoms with Gasteiger partial charge in [0.2, 0.25) is 5.91 Å². The highest BCUT2D eigenvalue weighted by atomic mass is 19.2. The fourth-order valence-corrected chi connectivity index (χ4v) is 4.87. The molecule has 0 atom stereocenters. The van der Waals surface area contributed by atoms with E-state index >= 15 is 0 Å². The summed E-state index contributed by atoms with van der Waals surface area (Å²) in [6.45, 7) is 2.44. The normalized spacial score (nSPS) is 15.6. The molecule has 0 radical (unpaired) electrons. The van der Waals surface area contributed by atoms with E-state index in [0.717, 1.165) is 30.0 Å². The number of halogens is 2. The molecule has 0 aliphatic carbocycles. The van der Waals surface area contributed by atoms with Crippen molar-refractivity contribution in [3.8, 4) is 0 Å². The fraction of sp³-hybridized carbons (Fsp3) is 0.286. The maximum Gasteiger partial charge on any atom is 0.274 e. The van der Waals surface area contributed by atoms with Gasteiger partial charge in [0.1, 0.15) is 11.5 Å². The fourth-order valence-electron chi connectivity index (χ4n) is 4.87. The molecular weight excluding hydrogens is 478 g/mol. The minimum absolute atomic E-state index is 0.0279. The summed E-state index contributed by atoms with van der Waals surface area (Å²) in [5.74, 6) is -2.03. The van der Waals surface area contributed by atoms with Crippen LogP contribution in [-0.2, 0) is 11.2 Å². The lowest BCUT2D eigenvalue weighted by Gasteiger charge is -2.32. The quantitative estimate of drug-likeness (QED) is 0.533. The molecule has 0 bridgehead atoms. The van der Waals surface area contributed by atoms with Crippen molar-refractivity contribution < 1.29 is 23.2 Å². The molecule has 1 fully saturated rings. The molecule has 3 amide bonds. The van der Waals surface area contributed by atoms with Crippen LogP contribution in [0.5, 0.6) is 0 Å². The van der Waals surface area contributed by atoms with E-state index in [4.69, 9.17) is 0 Å². The van der Waals surface area contributed by atoms with Crippen LogP contribution in [0.3, 0.4) is 0 Å². The molecule has 1 saturated heterocycles. The summed E-state index contributed by atoms with van der Waals surface area (Å²) in [5, 5.41) is 5.54. The Hall–Kier alpha value is -4.14. The highest BCUT2D eigenvalue weighted by Gasteiger charge is 2.26. The molecule has 3 heterocycles. The number of carbonyl (C=O) groups excluding carboxylic acids is 3. The molecule has 37 heavy (non-hydrogen) atoms. The summed E-state index contributed by atoms with van der Waals surface area (Å²) in [6.07, 6.45) is 2.50. The number of pyridine rings is 1. The van der Waals surface area contributed by atoms with Crippen molar-refractivity contribution in [3.63, 3.8) is 0 Å². The molecule has 0 saturated carbocycles. The zero-order chi connectivity index (χ0) is 26.1. The number of rotatable bonds is 4. The first-order valence-electron chi connectivity index (χ1n) is 12.2. The summed E-state index contributed by atoms with van der Waals surface area (Å²) in [5.41, 5.74) is 3.07. The number of carbonyl (C=O) groups is 3. The van der Waals surface area contributed by atoms with Gasteiger partial charge in [-0.05, 0) is 73.6 Å². The van der Waals surface area contributed by atoms with Crippen molar-refractivity contribution in [2.45, 2.75) is 38.5 Å². The maximum atomic E-state index is 13.9. The molecular formula is C28H26F2N4O3. The van der Waals surface area contributed by atoms with Crippen LogP contribution in [0.4, 0.5) is 20.3 Å². The lowest BCUT2D eigenvalue weighted by atomic mass is 9.89. The topological polar surface area (TPSA) is 91.4 Å². The molecule has 2 aliphatic heterocycles. The van der Waals surface area contributed by atoms with Gasteiger partial charge in [-0.1, -0.05) is 18.2 Å². The molecule has 9 heteroatoms. The van der Waals surface area contributed by atoms with Gasteiger partial charge in [0.15, 0.2) is 11.6 Å². The number of likely N-dealkylation sites (tertiary alicyclic amines) is 1. The van der Waals surface area contributed by atoms with Gasteiger partial charge >= 0.3 is 0 Å². The Morgan fingerprint density at radius 1 is 1.00 bits per heavy atom. The molecule has 5 rings (SSSR count). The number of aryl methyl sites for hydroxylation is 1. The van der Waals surface area contributed by atoms with Gasteiger partial charge in [0, 0.05) is 36.3 Å². The van der Waals surface area contributed by atoms with Crippen molar-refractivity contribution in [2.75, 3.05) is 23.7 Å². The number of fused-ring (bicyclic) bond motifs is 1. The van der Waals surface area contributed by atoms with E-state index in [1.165, 1.54) is 13.0 Å². The average molecular weight is 505 g/mol. The van der Waals surface area contributed by atoms with Gasteiger partial charge < -0.3 is 15.5 Å². The van der Waals surface area contributed by atoms with Crippen LogP contribution in [0.25, 0.3) is 0 Å². The lowest BCUT2D eigenvalue weighted by molar-refractivity contribution is -0.116. The first-order chi connectivity index (χ1) is 17.8. The zero-order valence-corrected chi connectivity index (χ0v) is 20.3. The van der Waals surface area contributed by atoms with E-state index in [-0.39, 0.29) is 40.5 Å². The first kappa shape index (κ1) is 24.5. The molecule has 2 aliphatic rings. The summed E-state index contributed by atoms with van der Waals surface area (Å²) in [6, 6.07) is 13.4. The van der Waals surface area contributed by atoms with Crippen molar-refractivity contribution in [2.24, 2.45) is 0 Å². The summed E-state index contributed by atoms with van der Waals surface area (Å²) < 4.78 is 27.3. The van der Waals surface area contributed by atoms with Crippen LogP contribution in [0, 0.1) is 18.6 Å². The number of anilines is 2. The minimum Gasteiger partial charge on any atom is -0.339 e. The monoisotopic (exact) mass is 504 g/mol. The molecule has 190 valence electrons. The van der Waals surface area contributed by atoms with Gasteiger partial charge in [0.25, 0.3) is 11.8 Å². The Labute approximate surface area is 212 Å². The largest absolute Gasteiger partial charge is 0.339 e. The number of piperidine rings is 1. The number of hydrogen-bond donors (Lipinski definition) is 2. The van der Waals surface area contributed by atoms with E-state index in [0.29, 0.717) is 37.4 Å². The van der Waals surface area contributed by atoms with E-state index < -0.39 is 11.6 Å². The maximum absolute atomic E-state index is 13.9. The number of nitrogens with zero attached hydrogens (tertiary/aromatic N) is 2. The molecule has 0 spiro atoms. The van der Waals surface area contributed by atoms with Crippen molar-refractivity contribution in [1.82, 2.24) is 9.88 Å². The molecule has 7 nitrogen and oxygen atoms in total. The first-order valence-corrected chi connectivity index (χ1v) is 12.2. The Balaban J connectivity index is 1.18. The van der Waals surface area contributed by atoms with Gasteiger partial charge in [-0.15, -0.1) is 0 Å². The summed E-state index contributed by atoms with van der Waals surface area (Å²) >= 11 is 0. The summed E-state index contributed by atoms with van der Waals surface area (Å²) in [7, 11) is 0. The van der Waals surface area contributed by atoms with Crippen molar-refractivity contribution in [1.29, 1.82) is 0 Å². The zero-order valence-electron chi connectivity index (χ0n) is 20.3. The Bertz CT molecular complexity index is 1380. The Morgan fingerprint density at radius 2 is 1.73 bits per heavy atom. The third-order valence-electron chi connectivity index (χ3n) is 7.08. The molecule has 0 unspecified atom stereocenters. The van der Waals surface area contributed by atoms with Crippen LogP contribution >= 0.6 is 0 Å². The van der Waals surface area contributed by atoms with Gasteiger partial charge in [-0.2, -0.15) is 0 Å². The second-order valence-corrected chi connectivity index (χ2v) is 9.43. The number of amides is 3. The van der Waals surface area contributed by atoms with Crippen LogP contribution < -0.4 is 10.6 Å². The predicted molar refractivity (Wildman–Crippen MR) is 135 cm³/mol. The molecule has 2 N–H and O–H groups in total. The van der Waals surface area contributed by atoms with Crippen molar-refractivity contribution >= 4 is 29.2 Å². The second kappa shape index (κ2) is 10.1. The number of nitrogens with one attached hydrogen (secondary N) is 2. The molecule has 1 aromatic heterocycles. The second-order valence-electron chi connectivity index (χ2n) is 9.43. The van der Waals surface area contributed by atoms with Crippen molar-refractivity contribution in [3.05, 3.63) is 88.1 Å². The van der Waals surface area contributed by atoms with E-state index in [1.807, 2.05) is 30.3 Å². The number of benzene rings is 2.